The molecule has 0 saturated heterocycles. The lowest BCUT2D eigenvalue weighted by atomic mass is 10.2. The molecule has 0 fully saturated rings. The first-order chi connectivity index (χ1) is 4.70. The zero-order valence-electron chi connectivity index (χ0n) is 7.43. The molecule has 0 bridgehead atoms. The van der Waals surface area contributed by atoms with Crippen molar-refractivity contribution in [1.29, 1.82) is 0 Å². The number of rotatable bonds is 5. The third-order valence-corrected chi connectivity index (χ3v) is 1.80. The highest BCUT2D eigenvalue weighted by molar-refractivity contribution is 4.58. The van der Waals surface area contributed by atoms with Crippen molar-refractivity contribution in [2.24, 2.45) is 5.73 Å². The first kappa shape index (κ1) is 9.92. The lowest BCUT2D eigenvalue weighted by Gasteiger charge is -2.18. The molecule has 0 aliphatic rings. The van der Waals surface area contributed by atoms with Gasteiger partial charge in [0.25, 0.3) is 0 Å². The summed E-state index contributed by atoms with van der Waals surface area (Å²) in [4.78, 5) is 2.39. The van der Waals surface area contributed by atoms with Crippen molar-refractivity contribution in [3.8, 4) is 0 Å². The zero-order chi connectivity index (χ0) is 7.98. The van der Waals surface area contributed by atoms with Gasteiger partial charge in [-0.3, -0.25) is 0 Å². The van der Waals surface area contributed by atoms with Crippen LogP contribution >= 0.6 is 0 Å². The van der Waals surface area contributed by atoms with Crippen LogP contribution in [0.2, 0.25) is 0 Å². The maximum atomic E-state index is 5.62. The van der Waals surface area contributed by atoms with Crippen LogP contribution in [0, 0.1) is 0 Å². The van der Waals surface area contributed by atoms with Gasteiger partial charge in [0.1, 0.15) is 0 Å². The quantitative estimate of drug-likeness (QED) is 0.625. The van der Waals surface area contributed by atoms with Gasteiger partial charge in [-0.25, -0.2) is 0 Å². The molecule has 1 atom stereocenters. The van der Waals surface area contributed by atoms with Crippen molar-refractivity contribution in [2.75, 3.05) is 19.6 Å². The van der Waals surface area contributed by atoms with Crippen LogP contribution in [0.3, 0.4) is 0 Å². The van der Waals surface area contributed by atoms with Crippen molar-refractivity contribution in [3.05, 3.63) is 0 Å². The van der Waals surface area contributed by atoms with Crippen molar-refractivity contribution in [3.63, 3.8) is 0 Å². The second kappa shape index (κ2) is 5.69. The minimum Gasteiger partial charge on any atom is -0.328 e. The Bertz CT molecular complexity index is 67.7. The fourth-order valence-corrected chi connectivity index (χ4v) is 0.926. The molecule has 0 radical (unpaired) electrons. The standard InChI is InChI=1S/C8H20N2/c1-4-10(5-2)7-6-8(3)9/h8H,4-7,9H2,1-3H3. The van der Waals surface area contributed by atoms with Crippen LogP contribution < -0.4 is 5.73 Å². The van der Waals surface area contributed by atoms with E-state index in [-0.39, 0.29) is 0 Å². The highest BCUT2D eigenvalue weighted by atomic mass is 15.1. The minimum atomic E-state index is 0.348. The van der Waals surface area contributed by atoms with Gasteiger partial charge >= 0.3 is 0 Å². The van der Waals surface area contributed by atoms with Crippen LogP contribution in [0.5, 0.6) is 0 Å². The maximum absolute atomic E-state index is 5.62. The molecule has 0 amide bonds. The molecule has 0 rings (SSSR count). The fraction of sp³-hybridized carbons (Fsp3) is 1.00. The van der Waals surface area contributed by atoms with Gasteiger partial charge in [-0.15, -0.1) is 0 Å². The van der Waals surface area contributed by atoms with Gasteiger partial charge < -0.3 is 10.6 Å². The van der Waals surface area contributed by atoms with Gasteiger partial charge in [-0.2, -0.15) is 0 Å². The van der Waals surface area contributed by atoms with E-state index in [4.69, 9.17) is 5.73 Å². The van der Waals surface area contributed by atoms with Gasteiger partial charge in [0.2, 0.25) is 0 Å². The zero-order valence-corrected chi connectivity index (χ0v) is 7.43. The Morgan fingerprint density at radius 3 is 2.10 bits per heavy atom. The summed E-state index contributed by atoms with van der Waals surface area (Å²) in [6, 6.07) is 0.348. The topological polar surface area (TPSA) is 29.3 Å². The summed E-state index contributed by atoms with van der Waals surface area (Å²) in [6.45, 7) is 9.86. The molecule has 0 heterocycles. The van der Waals surface area contributed by atoms with E-state index in [1.807, 2.05) is 0 Å². The molecule has 10 heavy (non-hydrogen) atoms. The summed E-state index contributed by atoms with van der Waals surface area (Å²) in [6.07, 6.45) is 1.11. The van der Waals surface area contributed by atoms with E-state index in [0.717, 1.165) is 26.1 Å². The molecule has 0 aromatic carbocycles. The third kappa shape index (κ3) is 4.77. The van der Waals surface area contributed by atoms with E-state index < -0.39 is 0 Å². The van der Waals surface area contributed by atoms with E-state index in [2.05, 4.69) is 25.7 Å². The predicted molar refractivity (Wildman–Crippen MR) is 46.1 cm³/mol. The van der Waals surface area contributed by atoms with Crippen LogP contribution in [0.1, 0.15) is 27.2 Å². The van der Waals surface area contributed by atoms with E-state index in [1.165, 1.54) is 0 Å². The average Bonchev–Trinajstić information content (AvgIpc) is 1.90. The molecule has 62 valence electrons. The highest BCUT2D eigenvalue weighted by Gasteiger charge is 1.99. The van der Waals surface area contributed by atoms with E-state index in [9.17, 15) is 0 Å². The van der Waals surface area contributed by atoms with Gasteiger partial charge in [-0.1, -0.05) is 13.8 Å². The molecular weight excluding hydrogens is 124 g/mol. The molecule has 2 N–H and O–H groups in total. The molecule has 1 unspecified atom stereocenters. The lowest BCUT2D eigenvalue weighted by Crippen LogP contribution is -2.28. The molecule has 0 aliphatic heterocycles. The Morgan fingerprint density at radius 1 is 1.30 bits per heavy atom. The van der Waals surface area contributed by atoms with E-state index >= 15 is 0 Å². The molecular formula is C8H20N2. The summed E-state index contributed by atoms with van der Waals surface area (Å²) >= 11 is 0. The predicted octanol–water partition coefficient (Wildman–Crippen LogP) is 1.07. The van der Waals surface area contributed by atoms with Crippen molar-refractivity contribution in [1.82, 2.24) is 4.90 Å². The number of hydrogen-bond acceptors (Lipinski definition) is 2. The lowest BCUT2D eigenvalue weighted by molar-refractivity contribution is 0.292. The number of hydrogen-bond donors (Lipinski definition) is 1. The molecule has 0 aliphatic carbocycles. The molecule has 0 aromatic rings. The van der Waals surface area contributed by atoms with Crippen LogP contribution in [-0.2, 0) is 0 Å². The van der Waals surface area contributed by atoms with Gasteiger partial charge in [0.15, 0.2) is 0 Å². The van der Waals surface area contributed by atoms with Crippen molar-refractivity contribution in [2.45, 2.75) is 33.2 Å². The molecule has 0 spiro atoms. The van der Waals surface area contributed by atoms with Crippen LogP contribution in [0.15, 0.2) is 0 Å². The molecule has 0 saturated carbocycles. The van der Waals surface area contributed by atoms with Gasteiger partial charge in [0.05, 0.1) is 0 Å². The largest absolute Gasteiger partial charge is 0.328 e. The second-order valence-corrected chi connectivity index (χ2v) is 2.79. The number of nitrogens with zero attached hydrogens (tertiary/aromatic N) is 1. The number of nitrogens with two attached hydrogens (primary N) is 1. The smallest absolute Gasteiger partial charge is 0.00226 e. The highest BCUT2D eigenvalue weighted by Crippen LogP contribution is 1.92. The van der Waals surface area contributed by atoms with Crippen LogP contribution in [-0.4, -0.2) is 30.6 Å². The van der Waals surface area contributed by atoms with Gasteiger partial charge in [-0.05, 0) is 33.0 Å². The SMILES string of the molecule is CCN(CC)CCC(C)N. The van der Waals surface area contributed by atoms with Crippen molar-refractivity contribution < 1.29 is 0 Å². The Labute approximate surface area is 64.4 Å². The normalized spacial score (nSPS) is 14.1. The summed E-state index contributed by atoms with van der Waals surface area (Å²) in [5.41, 5.74) is 5.62. The molecule has 2 heteroatoms. The summed E-state index contributed by atoms with van der Waals surface area (Å²) in [5, 5.41) is 0. The fourth-order valence-electron chi connectivity index (χ4n) is 0.926. The Kier molecular flexibility index (Phi) is 5.64. The van der Waals surface area contributed by atoms with Gasteiger partial charge in [0, 0.05) is 6.04 Å². The summed E-state index contributed by atoms with van der Waals surface area (Å²) in [5.74, 6) is 0. The van der Waals surface area contributed by atoms with Crippen molar-refractivity contribution >= 4 is 0 Å². The second-order valence-electron chi connectivity index (χ2n) is 2.79. The first-order valence-corrected chi connectivity index (χ1v) is 4.18. The van der Waals surface area contributed by atoms with E-state index in [1.54, 1.807) is 0 Å². The summed E-state index contributed by atoms with van der Waals surface area (Å²) < 4.78 is 0. The van der Waals surface area contributed by atoms with Crippen LogP contribution in [0.4, 0.5) is 0 Å². The Morgan fingerprint density at radius 2 is 1.80 bits per heavy atom. The summed E-state index contributed by atoms with van der Waals surface area (Å²) in [7, 11) is 0. The Balaban J connectivity index is 3.26. The maximum Gasteiger partial charge on any atom is 0.00226 e. The van der Waals surface area contributed by atoms with Crippen LogP contribution in [0.25, 0.3) is 0 Å². The molecule has 2 nitrogen and oxygen atoms in total. The average molecular weight is 144 g/mol. The first-order valence-electron chi connectivity index (χ1n) is 4.18. The van der Waals surface area contributed by atoms with E-state index in [0.29, 0.717) is 6.04 Å². The third-order valence-electron chi connectivity index (χ3n) is 1.80. The molecule has 0 aromatic heterocycles. The minimum absolute atomic E-state index is 0.348. The Hall–Kier alpha value is -0.0800. The monoisotopic (exact) mass is 144 g/mol.